The number of hydroxylamine groups is 2. The molecule has 0 aliphatic carbocycles. The van der Waals surface area contributed by atoms with E-state index < -0.39 is 48.6 Å². The number of carbonyl (C=O) groups is 2. The van der Waals surface area contributed by atoms with Gasteiger partial charge in [-0.15, -0.1) is 5.06 Å². The molecule has 3 N–H and O–H groups in total. The van der Waals surface area contributed by atoms with Crippen molar-refractivity contribution in [3.8, 4) is 0 Å². The molecule has 0 aliphatic heterocycles. The number of hydrogen-bond donors (Lipinski definition) is 3. The summed E-state index contributed by atoms with van der Waals surface area (Å²) in [6.07, 6.45) is 2.44. The van der Waals surface area contributed by atoms with Crippen molar-refractivity contribution in [1.82, 2.24) is 20.0 Å². The van der Waals surface area contributed by atoms with E-state index in [0.717, 1.165) is 17.8 Å². The van der Waals surface area contributed by atoms with E-state index in [-0.39, 0.29) is 17.9 Å². The van der Waals surface area contributed by atoms with Crippen LogP contribution in [0.15, 0.2) is 42.9 Å². The maximum absolute atomic E-state index is 14.1. The van der Waals surface area contributed by atoms with Crippen LogP contribution in [0.2, 0.25) is 5.02 Å². The van der Waals surface area contributed by atoms with Crippen LogP contribution < -0.4 is 0 Å². The normalized spacial score (nSPS) is 13.1. The van der Waals surface area contributed by atoms with E-state index in [1.165, 1.54) is 0 Å². The summed E-state index contributed by atoms with van der Waals surface area (Å²) >= 11 is 5.84. The zero-order chi connectivity index (χ0) is 24.7. The van der Waals surface area contributed by atoms with E-state index in [1.54, 1.807) is 18.3 Å². The number of pyridine rings is 3. The molecule has 0 fully saturated rings. The third-order valence-corrected chi connectivity index (χ3v) is 5.23. The largest absolute Gasteiger partial charge is 0.480 e. The molecular formula is C22H22ClFN4O6. The number of fused-ring (bicyclic) bond motifs is 1. The molecule has 0 radical (unpaired) electrons. The minimum absolute atomic E-state index is 0.148. The Labute approximate surface area is 198 Å². The van der Waals surface area contributed by atoms with Gasteiger partial charge in [-0.3, -0.25) is 9.78 Å². The molecule has 3 rings (SSSR count). The predicted molar refractivity (Wildman–Crippen MR) is 118 cm³/mol. The second-order valence-corrected chi connectivity index (χ2v) is 7.78. The molecule has 3 aromatic heterocycles. The Morgan fingerprint density at radius 2 is 2.00 bits per heavy atom. The third-order valence-electron chi connectivity index (χ3n) is 4.94. The van der Waals surface area contributed by atoms with Crippen molar-refractivity contribution in [2.75, 3.05) is 13.2 Å². The van der Waals surface area contributed by atoms with Gasteiger partial charge in [-0.2, -0.15) is 0 Å². The van der Waals surface area contributed by atoms with E-state index in [9.17, 15) is 29.3 Å². The number of nitrogens with zero attached hydrogens (tertiary/aromatic N) is 4. The molecule has 0 unspecified atom stereocenters. The molecule has 2 atom stereocenters. The Morgan fingerprint density at radius 3 is 2.71 bits per heavy atom. The topological polar surface area (TPSA) is 146 Å². The number of carboxylic acid groups (broad SMARTS) is 1. The van der Waals surface area contributed by atoms with E-state index in [0.29, 0.717) is 22.8 Å². The highest BCUT2D eigenvalue weighted by atomic mass is 35.5. The Kier molecular flexibility index (Phi) is 8.77. The molecule has 0 bridgehead atoms. The van der Waals surface area contributed by atoms with Gasteiger partial charge < -0.3 is 20.2 Å². The average Bonchev–Trinajstić information content (AvgIpc) is 2.80. The van der Waals surface area contributed by atoms with E-state index in [1.807, 2.05) is 12.1 Å². The molecular weight excluding hydrogens is 471 g/mol. The van der Waals surface area contributed by atoms with Gasteiger partial charge in [0.25, 0.3) is 0 Å². The van der Waals surface area contributed by atoms with Crippen LogP contribution in [0.5, 0.6) is 0 Å². The van der Waals surface area contributed by atoms with E-state index in [4.69, 9.17) is 16.4 Å². The Morgan fingerprint density at radius 1 is 1.21 bits per heavy atom. The average molecular weight is 493 g/mol. The Bertz CT molecular complexity index is 1150. The summed E-state index contributed by atoms with van der Waals surface area (Å²) in [6.45, 7) is -0.946. The van der Waals surface area contributed by atoms with Gasteiger partial charge >= 0.3 is 11.9 Å². The molecule has 0 amide bonds. The first-order valence-corrected chi connectivity index (χ1v) is 10.7. The van der Waals surface area contributed by atoms with Crippen molar-refractivity contribution >= 4 is 34.6 Å². The van der Waals surface area contributed by atoms with Crippen molar-refractivity contribution in [2.24, 2.45) is 0 Å². The summed E-state index contributed by atoms with van der Waals surface area (Å²) in [4.78, 5) is 41.5. The van der Waals surface area contributed by atoms with E-state index >= 15 is 0 Å². The zero-order valence-electron chi connectivity index (χ0n) is 17.8. The Hall–Kier alpha value is -3.25. The van der Waals surface area contributed by atoms with Gasteiger partial charge in [0.2, 0.25) is 0 Å². The van der Waals surface area contributed by atoms with Crippen molar-refractivity contribution in [3.63, 3.8) is 0 Å². The summed E-state index contributed by atoms with van der Waals surface area (Å²) < 4.78 is 14.1. The highest BCUT2D eigenvalue weighted by Crippen LogP contribution is 2.21. The molecule has 180 valence electrons. The van der Waals surface area contributed by atoms with Gasteiger partial charge in [0.05, 0.1) is 23.9 Å². The van der Waals surface area contributed by atoms with Crippen LogP contribution in [0.4, 0.5) is 4.39 Å². The highest BCUT2D eigenvalue weighted by Gasteiger charge is 2.32. The number of hydrogen-bond acceptors (Lipinski definition) is 9. The quantitative estimate of drug-likeness (QED) is 0.340. The van der Waals surface area contributed by atoms with Crippen molar-refractivity contribution in [3.05, 3.63) is 65.0 Å². The van der Waals surface area contributed by atoms with Crippen LogP contribution in [0.3, 0.4) is 0 Å². The number of aromatic nitrogens is 3. The number of halogens is 2. The molecule has 0 saturated heterocycles. The summed E-state index contributed by atoms with van der Waals surface area (Å²) in [7, 11) is 0. The van der Waals surface area contributed by atoms with Gasteiger partial charge in [-0.25, -0.2) is 19.2 Å². The number of rotatable bonds is 11. The van der Waals surface area contributed by atoms with Gasteiger partial charge in [-0.05, 0) is 43.5 Å². The van der Waals surface area contributed by atoms with Gasteiger partial charge in [-0.1, -0.05) is 11.6 Å². The third kappa shape index (κ3) is 6.41. The number of aliphatic hydroxyl groups excluding tert-OH is 2. The molecule has 0 aromatic carbocycles. The molecule has 12 heteroatoms. The molecule has 0 saturated carbocycles. The van der Waals surface area contributed by atoms with Crippen molar-refractivity contribution in [1.29, 1.82) is 0 Å². The number of aliphatic hydroxyl groups is 2. The fourth-order valence-electron chi connectivity index (χ4n) is 3.24. The minimum atomic E-state index is -1.49. The summed E-state index contributed by atoms with van der Waals surface area (Å²) in [5.74, 6) is -3.72. The Balaban J connectivity index is 1.73. The lowest BCUT2D eigenvalue weighted by Crippen LogP contribution is -2.46. The number of aliphatic carboxylic acids is 1. The van der Waals surface area contributed by atoms with Crippen LogP contribution in [0.25, 0.3) is 11.0 Å². The lowest BCUT2D eigenvalue weighted by atomic mass is 10.1. The maximum Gasteiger partial charge on any atom is 0.361 e. The van der Waals surface area contributed by atoms with Crippen molar-refractivity contribution < 1.29 is 34.1 Å². The summed E-state index contributed by atoms with van der Waals surface area (Å²) in [5, 5.41) is 30.6. The van der Waals surface area contributed by atoms with Crippen LogP contribution >= 0.6 is 11.6 Å². The van der Waals surface area contributed by atoms with Crippen LogP contribution in [-0.2, 0) is 16.1 Å². The molecule has 0 spiro atoms. The first-order valence-electron chi connectivity index (χ1n) is 10.3. The van der Waals surface area contributed by atoms with Crippen molar-refractivity contribution in [2.45, 2.75) is 31.4 Å². The van der Waals surface area contributed by atoms with Crippen LogP contribution in [-0.4, -0.2) is 72.6 Å². The number of carboxylic acids is 1. The zero-order valence-corrected chi connectivity index (χ0v) is 18.6. The first kappa shape index (κ1) is 25.4. The fourth-order valence-corrected chi connectivity index (χ4v) is 3.47. The van der Waals surface area contributed by atoms with Gasteiger partial charge in [0, 0.05) is 30.1 Å². The van der Waals surface area contributed by atoms with E-state index in [2.05, 4.69) is 15.0 Å². The standard InChI is InChI=1S/C22H22ClFN4O6/c23-16-10-25-11-17(24)19(16)22(33)34-28(18(7-9-29)21(31)32)12-15(30)6-5-14-4-3-13-2-1-8-26-20(13)27-14/h1-4,8,10-11,15,18,29-30H,5-7,9,12H2,(H,31,32)/t15-,18-/m0/s1. The second kappa shape index (κ2) is 11.7. The monoisotopic (exact) mass is 492 g/mol. The lowest BCUT2D eigenvalue weighted by molar-refractivity contribution is -0.180. The second-order valence-electron chi connectivity index (χ2n) is 7.37. The minimum Gasteiger partial charge on any atom is -0.480 e. The highest BCUT2D eigenvalue weighted by molar-refractivity contribution is 6.33. The predicted octanol–water partition coefficient (Wildman–Crippen LogP) is 2.02. The summed E-state index contributed by atoms with van der Waals surface area (Å²) in [5.41, 5.74) is 0.580. The molecule has 10 nitrogen and oxygen atoms in total. The van der Waals surface area contributed by atoms with Crippen LogP contribution in [0.1, 0.15) is 28.9 Å². The lowest BCUT2D eigenvalue weighted by Gasteiger charge is -2.28. The molecule has 0 aliphatic rings. The molecule has 3 heterocycles. The fraction of sp³-hybridized carbons (Fsp3) is 0.318. The molecule has 34 heavy (non-hydrogen) atoms. The van der Waals surface area contributed by atoms with Gasteiger partial charge in [0.1, 0.15) is 11.6 Å². The SMILES string of the molecule is O=C(ON(C[C@@H](O)CCc1ccc2cccnc2n1)[C@@H](CCO)C(=O)O)c1c(F)cncc1Cl. The number of aryl methyl sites for hydroxylation is 1. The smallest absolute Gasteiger partial charge is 0.361 e. The maximum atomic E-state index is 14.1. The van der Waals surface area contributed by atoms with Gasteiger partial charge in [0.15, 0.2) is 11.5 Å². The number of carbonyl (C=O) groups excluding carboxylic acids is 1. The summed E-state index contributed by atoms with van der Waals surface area (Å²) in [6, 6.07) is 5.80. The molecule has 3 aromatic rings. The first-order chi connectivity index (χ1) is 16.3. The van der Waals surface area contributed by atoms with Crippen LogP contribution in [0, 0.1) is 5.82 Å².